The van der Waals surface area contributed by atoms with Crippen molar-refractivity contribution < 1.29 is 4.79 Å². The highest BCUT2D eigenvalue weighted by Gasteiger charge is 2.25. The number of benzene rings is 1. The summed E-state index contributed by atoms with van der Waals surface area (Å²) in [5.74, 6) is 0.0537. The van der Waals surface area contributed by atoms with E-state index in [0.717, 1.165) is 18.8 Å². The topological polar surface area (TPSA) is 44.1 Å². The molecule has 0 saturated carbocycles. The van der Waals surface area contributed by atoms with Crippen LogP contribution in [0.2, 0.25) is 0 Å². The van der Waals surface area contributed by atoms with Crippen molar-refractivity contribution in [2.75, 3.05) is 18.0 Å². The van der Waals surface area contributed by atoms with Crippen LogP contribution in [0.25, 0.3) is 0 Å². The van der Waals surface area contributed by atoms with E-state index in [9.17, 15) is 4.79 Å². The van der Waals surface area contributed by atoms with Gasteiger partial charge in [-0.05, 0) is 25.1 Å². The Morgan fingerprint density at radius 3 is 2.53 bits per heavy atom. The van der Waals surface area contributed by atoms with Gasteiger partial charge in [0, 0.05) is 34.8 Å². The van der Waals surface area contributed by atoms with E-state index in [1.807, 2.05) is 17.8 Å². The molecule has 4 heteroatoms. The fraction of sp³-hybridized carbons (Fsp3) is 0.467. The third-order valence-corrected chi connectivity index (χ3v) is 4.49. The van der Waals surface area contributed by atoms with Crippen molar-refractivity contribution in [1.29, 1.82) is 5.26 Å². The molecule has 100 valence electrons. The van der Waals surface area contributed by atoms with E-state index in [0.29, 0.717) is 21.6 Å². The number of hydrogen-bond acceptors (Lipinski definition) is 4. The molecule has 0 N–H and O–H groups in total. The zero-order valence-corrected chi connectivity index (χ0v) is 12.3. The number of rotatable bonds is 2. The molecule has 2 atom stereocenters. The Balaban J connectivity index is 2.41. The maximum atomic E-state index is 11.8. The number of Topliss-reactive ketones (excluding diaryl/α,β-unsaturated/α-hetero) is 1. The normalized spacial score (nSPS) is 22.9. The molecule has 2 unspecified atom stereocenters. The predicted molar refractivity (Wildman–Crippen MR) is 79.9 cm³/mol. The Bertz CT molecular complexity index is 525. The lowest BCUT2D eigenvalue weighted by atomic mass is 10.0. The summed E-state index contributed by atoms with van der Waals surface area (Å²) in [6, 6.07) is 7.48. The van der Waals surface area contributed by atoms with Gasteiger partial charge in [-0.3, -0.25) is 4.79 Å². The quantitative estimate of drug-likeness (QED) is 0.777. The molecule has 0 aliphatic carbocycles. The highest BCUT2D eigenvalue weighted by Crippen LogP contribution is 2.31. The molecular weight excluding hydrogens is 256 g/mol. The SMILES string of the molecule is CC(=O)c1ccc(C#N)cc1N1CC(C)SC(C)C1. The first-order valence-electron chi connectivity index (χ1n) is 6.46. The molecule has 1 aromatic carbocycles. The van der Waals surface area contributed by atoms with Crippen LogP contribution in [-0.2, 0) is 0 Å². The van der Waals surface area contributed by atoms with Crippen LogP contribution in [0.4, 0.5) is 5.69 Å². The van der Waals surface area contributed by atoms with Crippen LogP contribution in [-0.4, -0.2) is 29.4 Å². The summed E-state index contributed by atoms with van der Waals surface area (Å²) in [7, 11) is 0. The molecule has 1 fully saturated rings. The molecule has 0 radical (unpaired) electrons. The number of thioether (sulfide) groups is 1. The fourth-order valence-corrected chi connectivity index (χ4v) is 3.86. The molecule has 19 heavy (non-hydrogen) atoms. The minimum atomic E-state index is 0.0537. The number of ketones is 1. The van der Waals surface area contributed by atoms with E-state index in [1.54, 1.807) is 19.1 Å². The molecule has 2 rings (SSSR count). The third kappa shape index (κ3) is 3.10. The van der Waals surface area contributed by atoms with E-state index in [4.69, 9.17) is 5.26 Å². The molecule has 0 aromatic heterocycles. The fourth-order valence-electron chi connectivity index (χ4n) is 2.54. The summed E-state index contributed by atoms with van der Waals surface area (Å²) in [5, 5.41) is 10.1. The lowest BCUT2D eigenvalue weighted by Gasteiger charge is -2.37. The second-order valence-electron chi connectivity index (χ2n) is 5.06. The molecule has 0 amide bonds. The van der Waals surface area contributed by atoms with Crippen LogP contribution in [0.15, 0.2) is 18.2 Å². The van der Waals surface area contributed by atoms with Crippen molar-refractivity contribution in [3.05, 3.63) is 29.3 Å². The standard InChI is InChI=1S/C15H18N2OS/c1-10-8-17(9-11(2)19-10)15-6-13(7-16)4-5-14(15)12(3)18/h4-6,10-11H,8-9H2,1-3H3. The van der Waals surface area contributed by atoms with Crippen molar-refractivity contribution in [3.8, 4) is 6.07 Å². The molecule has 1 heterocycles. The van der Waals surface area contributed by atoms with Gasteiger partial charge >= 0.3 is 0 Å². The van der Waals surface area contributed by atoms with Crippen LogP contribution >= 0.6 is 11.8 Å². The van der Waals surface area contributed by atoms with Gasteiger partial charge in [0.15, 0.2) is 5.78 Å². The average molecular weight is 274 g/mol. The van der Waals surface area contributed by atoms with Crippen LogP contribution in [0.5, 0.6) is 0 Å². The van der Waals surface area contributed by atoms with Crippen LogP contribution in [0, 0.1) is 11.3 Å². The van der Waals surface area contributed by atoms with E-state index in [2.05, 4.69) is 24.8 Å². The van der Waals surface area contributed by atoms with Gasteiger partial charge in [0.1, 0.15) is 0 Å². The number of hydrogen-bond donors (Lipinski definition) is 0. The largest absolute Gasteiger partial charge is 0.369 e. The zero-order chi connectivity index (χ0) is 14.0. The van der Waals surface area contributed by atoms with Gasteiger partial charge in [-0.1, -0.05) is 13.8 Å². The van der Waals surface area contributed by atoms with E-state index in [-0.39, 0.29) is 5.78 Å². The van der Waals surface area contributed by atoms with Gasteiger partial charge in [0.2, 0.25) is 0 Å². The maximum Gasteiger partial charge on any atom is 0.161 e. The summed E-state index contributed by atoms with van der Waals surface area (Å²) in [4.78, 5) is 14.0. The Morgan fingerprint density at radius 2 is 2.00 bits per heavy atom. The molecule has 3 nitrogen and oxygen atoms in total. The van der Waals surface area contributed by atoms with E-state index in [1.165, 1.54) is 0 Å². The molecule has 0 bridgehead atoms. The first-order valence-corrected chi connectivity index (χ1v) is 7.41. The van der Waals surface area contributed by atoms with Crippen molar-refractivity contribution in [1.82, 2.24) is 0 Å². The minimum absolute atomic E-state index is 0.0537. The number of anilines is 1. The Kier molecular flexibility index (Phi) is 4.16. The summed E-state index contributed by atoms with van der Waals surface area (Å²) >= 11 is 1.97. The predicted octanol–water partition coefficient (Wildman–Crippen LogP) is 3.09. The minimum Gasteiger partial charge on any atom is -0.369 e. The lowest BCUT2D eigenvalue weighted by Crippen LogP contribution is -2.41. The van der Waals surface area contributed by atoms with Crippen molar-refractivity contribution in [3.63, 3.8) is 0 Å². The van der Waals surface area contributed by atoms with Crippen LogP contribution in [0.1, 0.15) is 36.7 Å². The van der Waals surface area contributed by atoms with E-state index < -0.39 is 0 Å². The summed E-state index contributed by atoms with van der Waals surface area (Å²) in [5.41, 5.74) is 2.23. The first-order chi connectivity index (χ1) is 9.01. The zero-order valence-electron chi connectivity index (χ0n) is 11.5. The van der Waals surface area contributed by atoms with Gasteiger partial charge in [-0.2, -0.15) is 17.0 Å². The monoisotopic (exact) mass is 274 g/mol. The number of carbonyl (C=O) groups excluding carboxylic acids is 1. The van der Waals surface area contributed by atoms with E-state index >= 15 is 0 Å². The first kappa shape index (κ1) is 14.0. The molecule has 1 aromatic rings. The van der Waals surface area contributed by atoms with Crippen molar-refractivity contribution in [2.24, 2.45) is 0 Å². The summed E-state index contributed by atoms with van der Waals surface area (Å²) in [6.07, 6.45) is 0. The Morgan fingerprint density at radius 1 is 1.37 bits per heavy atom. The molecule has 1 saturated heterocycles. The van der Waals surface area contributed by atoms with Crippen molar-refractivity contribution >= 4 is 23.2 Å². The van der Waals surface area contributed by atoms with Gasteiger partial charge in [0.25, 0.3) is 0 Å². The maximum absolute atomic E-state index is 11.8. The number of nitrogens with zero attached hydrogens (tertiary/aromatic N) is 2. The van der Waals surface area contributed by atoms with Crippen LogP contribution in [0.3, 0.4) is 0 Å². The molecule has 1 aliphatic rings. The average Bonchev–Trinajstić information content (AvgIpc) is 2.36. The second kappa shape index (κ2) is 5.66. The smallest absolute Gasteiger partial charge is 0.161 e. The number of carbonyl (C=O) groups is 1. The van der Waals surface area contributed by atoms with Gasteiger partial charge in [0.05, 0.1) is 11.6 Å². The second-order valence-corrected chi connectivity index (χ2v) is 6.94. The molecule has 1 aliphatic heterocycles. The Hall–Kier alpha value is -1.47. The highest BCUT2D eigenvalue weighted by atomic mass is 32.2. The van der Waals surface area contributed by atoms with Gasteiger partial charge < -0.3 is 4.90 Å². The van der Waals surface area contributed by atoms with Gasteiger partial charge in [-0.15, -0.1) is 0 Å². The Labute approximate surface area is 118 Å². The summed E-state index contributed by atoms with van der Waals surface area (Å²) in [6.45, 7) is 7.83. The highest BCUT2D eigenvalue weighted by molar-refractivity contribution is 8.00. The van der Waals surface area contributed by atoms with Gasteiger partial charge in [-0.25, -0.2) is 0 Å². The lowest BCUT2D eigenvalue weighted by molar-refractivity contribution is 0.101. The molecule has 0 spiro atoms. The van der Waals surface area contributed by atoms with Crippen molar-refractivity contribution in [2.45, 2.75) is 31.3 Å². The third-order valence-electron chi connectivity index (χ3n) is 3.27. The van der Waals surface area contributed by atoms with Crippen LogP contribution < -0.4 is 4.90 Å². The molecular formula is C15H18N2OS. The summed E-state index contributed by atoms with van der Waals surface area (Å²) < 4.78 is 0. The number of nitriles is 1.